The van der Waals surface area contributed by atoms with Gasteiger partial charge in [-0.05, 0) is 38.6 Å². The van der Waals surface area contributed by atoms with E-state index in [1.807, 2.05) is 0 Å². The summed E-state index contributed by atoms with van der Waals surface area (Å²) in [5, 5.41) is 9.23. The van der Waals surface area contributed by atoms with Crippen molar-refractivity contribution < 1.29 is 14.6 Å². The zero-order valence-corrected chi connectivity index (χ0v) is 12.1. The Kier molecular flexibility index (Phi) is 5.22. The molecule has 1 saturated heterocycles. The molecular weight excluding hydrogens is 242 g/mol. The molecule has 4 heteroatoms. The number of carboxylic acids is 1. The van der Waals surface area contributed by atoms with Gasteiger partial charge in [0.25, 0.3) is 0 Å². The van der Waals surface area contributed by atoms with Crippen molar-refractivity contribution in [2.24, 2.45) is 5.92 Å². The van der Waals surface area contributed by atoms with Gasteiger partial charge in [0, 0.05) is 18.7 Å². The largest absolute Gasteiger partial charge is 0.481 e. The van der Waals surface area contributed by atoms with E-state index in [1.54, 1.807) is 0 Å². The summed E-state index contributed by atoms with van der Waals surface area (Å²) in [5.41, 5.74) is -0.110. The predicted octanol–water partition coefficient (Wildman–Crippen LogP) is 2.52. The molecule has 0 spiro atoms. The van der Waals surface area contributed by atoms with Crippen LogP contribution in [0.1, 0.15) is 51.4 Å². The number of carboxylic acid groups (broad SMARTS) is 1. The van der Waals surface area contributed by atoms with Crippen molar-refractivity contribution in [1.82, 2.24) is 4.90 Å². The average Bonchev–Trinajstić information content (AvgIpc) is 2.40. The van der Waals surface area contributed by atoms with Crippen LogP contribution in [0.2, 0.25) is 0 Å². The topological polar surface area (TPSA) is 49.8 Å². The lowest BCUT2D eigenvalue weighted by atomic mass is 9.77. The molecule has 0 aromatic heterocycles. The zero-order chi connectivity index (χ0) is 13.7. The van der Waals surface area contributed by atoms with Gasteiger partial charge in [0.15, 0.2) is 0 Å². The molecule has 0 aromatic carbocycles. The number of ether oxygens (including phenoxy) is 1. The van der Waals surface area contributed by atoms with E-state index in [0.717, 1.165) is 39.0 Å². The third-order valence-electron chi connectivity index (χ3n) is 4.86. The summed E-state index contributed by atoms with van der Waals surface area (Å²) < 4.78 is 5.54. The van der Waals surface area contributed by atoms with Crippen LogP contribution in [0.5, 0.6) is 0 Å². The van der Waals surface area contributed by atoms with Crippen LogP contribution >= 0.6 is 0 Å². The Morgan fingerprint density at radius 2 is 2.05 bits per heavy atom. The number of hydrogen-bond acceptors (Lipinski definition) is 3. The fourth-order valence-corrected chi connectivity index (χ4v) is 3.72. The predicted molar refractivity (Wildman–Crippen MR) is 74.2 cm³/mol. The van der Waals surface area contributed by atoms with Crippen molar-refractivity contribution in [1.29, 1.82) is 0 Å². The van der Waals surface area contributed by atoms with E-state index in [1.165, 1.54) is 25.7 Å². The minimum atomic E-state index is -0.659. The van der Waals surface area contributed by atoms with Crippen LogP contribution in [0.25, 0.3) is 0 Å². The first-order valence-electron chi connectivity index (χ1n) is 7.63. The minimum absolute atomic E-state index is 0.110. The maximum absolute atomic E-state index is 11.2. The third kappa shape index (κ3) is 3.93. The molecular formula is C15H27NO3. The Hall–Kier alpha value is -0.610. The van der Waals surface area contributed by atoms with Gasteiger partial charge in [0.1, 0.15) is 0 Å². The Morgan fingerprint density at radius 3 is 2.63 bits per heavy atom. The Morgan fingerprint density at radius 1 is 1.32 bits per heavy atom. The van der Waals surface area contributed by atoms with Crippen LogP contribution in [0, 0.1) is 5.92 Å². The first kappa shape index (κ1) is 14.8. The molecule has 2 fully saturated rings. The number of rotatable bonds is 5. The van der Waals surface area contributed by atoms with E-state index in [9.17, 15) is 9.90 Å². The zero-order valence-electron chi connectivity index (χ0n) is 12.1. The number of aliphatic carboxylic acids is 1. The highest BCUT2D eigenvalue weighted by Gasteiger charge is 2.38. The van der Waals surface area contributed by atoms with Gasteiger partial charge in [-0.3, -0.25) is 9.69 Å². The monoisotopic (exact) mass is 269 g/mol. The number of hydrogen-bond donors (Lipinski definition) is 1. The lowest BCUT2D eigenvalue weighted by molar-refractivity contribution is -0.141. The molecule has 1 aliphatic carbocycles. The summed E-state index contributed by atoms with van der Waals surface area (Å²) in [6, 6.07) is 0. The van der Waals surface area contributed by atoms with Gasteiger partial charge >= 0.3 is 5.97 Å². The fourth-order valence-electron chi connectivity index (χ4n) is 3.72. The Labute approximate surface area is 116 Å². The smallest absolute Gasteiger partial charge is 0.305 e. The normalized spacial score (nSPS) is 27.4. The van der Waals surface area contributed by atoms with Gasteiger partial charge in [-0.15, -0.1) is 0 Å². The maximum atomic E-state index is 11.2. The highest BCUT2D eigenvalue weighted by atomic mass is 16.5. The summed E-state index contributed by atoms with van der Waals surface area (Å²) in [5.74, 6) is -0.0833. The summed E-state index contributed by atoms with van der Waals surface area (Å²) >= 11 is 0. The van der Waals surface area contributed by atoms with Crippen LogP contribution < -0.4 is 0 Å². The third-order valence-corrected chi connectivity index (χ3v) is 4.86. The SMILES string of the molecule is CN(CC1CCCOC1)C1(CC(=O)O)CCCCC1. The van der Waals surface area contributed by atoms with Crippen LogP contribution in [-0.4, -0.2) is 48.3 Å². The van der Waals surface area contributed by atoms with Crippen LogP contribution in [-0.2, 0) is 9.53 Å². The maximum Gasteiger partial charge on any atom is 0.305 e. The molecule has 2 rings (SSSR count). The molecule has 1 atom stereocenters. The molecule has 1 aliphatic heterocycles. The van der Waals surface area contributed by atoms with Crippen molar-refractivity contribution in [3.05, 3.63) is 0 Å². The average molecular weight is 269 g/mol. The van der Waals surface area contributed by atoms with Gasteiger partial charge in [-0.1, -0.05) is 19.3 Å². The molecule has 1 heterocycles. The minimum Gasteiger partial charge on any atom is -0.481 e. The van der Waals surface area contributed by atoms with Gasteiger partial charge in [-0.2, -0.15) is 0 Å². The van der Waals surface area contributed by atoms with Gasteiger partial charge in [-0.25, -0.2) is 0 Å². The first-order valence-corrected chi connectivity index (χ1v) is 7.63. The fraction of sp³-hybridized carbons (Fsp3) is 0.933. The lowest BCUT2D eigenvalue weighted by Crippen LogP contribution is -2.51. The van der Waals surface area contributed by atoms with Crippen molar-refractivity contribution in [2.75, 3.05) is 26.8 Å². The van der Waals surface area contributed by atoms with E-state index >= 15 is 0 Å². The molecule has 19 heavy (non-hydrogen) atoms. The van der Waals surface area contributed by atoms with E-state index in [2.05, 4.69) is 11.9 Å². The first-order chi connectivity index (χ1) is 9.12. The standard InChI is InChI=1S/C15H27NO3/c1-16(11-13-6-5-9-19-12-13)15(10-14(17)18)7-3-2-4-8-15/h13H,2-12H2,1H3,(H,17,18). The van der Waals surface area contributed by atoms with Gasteiger partial charge in [0.2, 0.25) is 0 Å². The number of carbonyl (C=O) groups is 1. The summed E-state index contributed by atoms with van der Waals surface area (Å²) in [4.78, 5) is 13.6. The second-order valence-corrected chi connectivity index (χ2v) is 6.32. The summed E-state index contributed by atoms with van der Waals surface area (Å²) in [6.07, 6.45) is 8.29. The molecule has 0 bridgehead atoms. The van der Waals surface area contributed by atoms with Gasteiger partial charge in [0.05, 0.1) is 13.0 Å². The molecule has 1 saturated carbocycles. The summed E-state index contributed by atoms with van der Waals surface area (Å²) in [6.45, 7) is 2.71. The molecule has 1 N–H and O–H groups in total. The van der Waals surface area contributed by atoms with E-state index < -0.39 is 5.97 Å². The van der Waals surface area contributed by atoms with E-state index in [-0.39, 0.29) is 12.0 Å². The second-order valence-electron chi connectivity index (χ2n) is 6.32. The van der Waals surface area contributed by atoms with Crippen molar-refractivity contribution in [3.8, 4) is 0 Å². The molecule has 110 valence electrons. The molecule has 0 radical (unpaired) electrons. The molecule has 0 aromatic rings. The van der Waals surface area contributed by atoms with E-state index in [4.69, 9.17) is 4.74 Å². The Bertz CT molecular complexity index is 294. The van der Waals surface area contributed by atoms with Crippen molar-refractivity contribution >= 4 is 5.97 Å². The highest BCUT2D eigenvalue weighted by Crippen LogP contribution is 2.36. The molecule has 2 aliphatic rings. The molecule has 0 amide bonds. The van der Waals surface area contributed by atoms with Crippen LogP contribution in [0.3, 0.4) is 0 Å². The highest BCUT2D eigenvalue weighted by molar-refractivity contribution is 5.68. The quantitative estimate of drug-likeness (QED) is 0.833. The van der Waals surface area contributed by atoms with Crippen molar-refractivity contribution in [3.63, 3.8) is 0 Å². The Balaban J connectivity index is 1.97. The number of nitrogens with zero attached hydrogens (tertiary/aromatic N) is 1. The van der Waals surface area contributed by atoms with Crippen LogP contribution in [0.4, 0.5) is 0 Å². The summed E-state index contributed by atoms with van der Waals surface area (Å²) in [7, 11) is 2.11. The van der Waals surface area contributed by atoms with Crippen molar-refractivity contribution in [2.45, 2.75) is 56.9 Å². The van der Waals surface area contributed by atoms with Gasteiger partial charge < -0.3 is 9.84 Å². The lowest BCUT2D eigenvalue weighted by Gasteiger charge is -2.45. The van der Waals surface area contributed by atoms with E-state index in [0.29, 0.717) is 5.92 Å². The van der Waals surface area contributed by atoms with Crippen LogP contribution in [0.15, 0.2) is 0 Å². The molecule has 1 unspecified atom stereocenters. The molecule has 4 nitrogen and oxygen atoms in total. The second kappa shape index (κ2) is 6.71.